The highest BCUT2D eigenvalue weighted by Gasteiger charge is 2.06. The van der Waals surface area contributed by atoms with Crippen LogP contribution in [-0.2, 0) is 6.42 Å². The highest BCUT2D eigenvalue weighted by molar-refractivity contribution is 5.68. The molecule has 0 heterocycles. The van der Waals surface area contributed by atoms with E-state index in [9.17, 15) is 5.11 Å². The summed E-state index contributed by atoms with van der Waals surface area (Å²) in [7, 11) is 0. The maximum Gasteiger partial charge on any atom is 0.119 e. The van der Waals surface area contributed by atoms with Gasteiger partial charge in [0.2, 0.25) is 0 Å². The summed E-state index contributed by atoms with van der Waals surface area (Å²) < 4.78 is 5.57. The number of hydrogen-bond donors (Lipinski definition) is 2. The fourth-order valence-electron chi connectivity index (χ4n) is 3.18. The number of rotatable bonds is 9. The molecule has 0 saturated carbocycles. The normalized spacial score (nSPS) is 12.0. The van der Waals surface area contributed by atoms with Crippen LogP contribution in [0.4, 0.5) is 0 Å². The summed E-state index contributed by atoms with van der Waals surface area (Å²) in [5, 5.41) is 13.3. The van der Waals surface area contributed by atoms with Gasteiger partial charge in [0.25, 0.3) is 0 Å². The predicted octanol–water partition coefficient (Wildman–Crippen LogP) is 4.54. The van der Waals surface area contributed by atoms with Crippen LogP contribution in [0.3, 0.4) is 0 Å². The molecule has 0 saturated heterocycles. The smallest absolute Gasteiger partial charge is 0.119 e. The molecule has 0 aliphatic heterocycles. The van der Waals surface area contributed by atoms with Gasteiger partial charge in [-0.05, 0) is 66.8 Å². The Morgan fingerprint density at radius 2 is 1.64 bits per heavy atom. The SMILES string of the molecule is Cc1cccc(-c2ccc(CCNCC(O)COc3ccccc3)cc2)c1C. The Morgan fingerprint density at radius 3 is 2.39 bits per heavy atom. The first-order valence-corrected chi connectivity index (χ1v) is 9.85. The summed E-state index contributed by atoms with van der Waals surface area (Å²) in [5.41, 5.74) is 6.50. The molecule has 0 radical (unpaired) electrons. The minimum absolute atomic E-state index is 0.293. The van der Waals surface area contributed by atoms with Crippen LogP contribution in [0.25, 0.3) is 11.1 Å². The Bertz CT molecular complexity index is 859. The van der Waals surface area contributed by atoms with E-state index < -0.39 is 6.10 Å². The van der Waals surface area contributed by atoms with Crippen molar-refractivity contribution in [3.05, 3.63) is 89.5 Å². The van der Waals surface area contributed by atoms with Crippen LogP contribution in [0.5, 0.6) is 5.75 Å². The molecule has 0 amide bonds. The van der Waals surface area contributed by atoms with E-state index >= 15 is 0 Å². The van der Waals surface area contributed by atoms with Crippen molar-refractivity contribution in [3.63, 3.8) is 0 Å². The van der Waals surface area contributed by atoms with Gasteiger partial charge in [-0.1, -0.05) is 60.7 Å². The third kappa shape index (κ3) is 5.69. The zero-order chi connectivity index (χ0) is 19.8. The van der Waals surface area contributed by atoms with Crippen molar-refractivity contribution in [1.82, 2.24) is 5.32 Å². The molecule has 0 fully saturated rings. The highest BCUT2D eigenvalue weighted by atomic mass is 16.5. The van der Waals surface area contributed by atoms with Crippen molar-refractivity contribution in [3.8, 4) is 16.9 Å². The zero-order valence-corrected chi connectivity index (χ0v) is 16.7. The lowest BCUT2D eigenvalue weighted by molar-refractivity contribution is 0.106. The van der Waals surface area contributed by atoms with E-state index in [-0.39, 0.29) is 0 Å². The lowest BCUT2D eigenvalue weighted by atomic mass is 9.96. The molecule has 28 heavy (non-hydrogen) atoms. The molecule has 0 aliphatic carbocycles. The van der Waals surface area contributed by atoms with Crippen molar-refractivity contribution in [2.45, 2.75) is 26.4 Å². The third-order valence-electron chi connectivity index (χ3n) is 5.03. The van der Waals surface area contributed by atoms with E-state index in [2.05, 4.69) is 61.6 Å². The standard InChI is InChI=1S/C25H29NO2/c1-19-7-6-10-25(20(19)2)22-13-11-21(12-14-22)15-16-26-17-23(27)18-28-24-8-4-3-5-9-24/h3-14,23,26-27H,15-18H2,1-2H3. The molecular weight excluding hydrogens is 346 g/mol. The molecule has 1 atom stereocenters. The topological polar surface area (TPSA) is 41.5 Å². The largest absolute Gasteiger partial charge is 0.491 e. The van der Waals surface area contributed by atoms with Crippen LogP contribution >= 0.6 is 0 Å². The van der Waals surface area contributed by atoms with E-state index in [1.54, 1.807) is 0 Å². The minimum Gasteiger partial charge on any atom is -0.491 e. The number of aliphatic hydroxyl groups excluding tert-OH is 1. The van der Waals surface area contributed by atoms with Crippen molar-refractivity contribution in [1.29, 1.82) is 0 Å². The Balaban J connectivity index is 1.41. The van der Waals surface area contributed by atoms with Gasteiger partial charge in [0, 0.05) is 6.54 Å². The molecule has 0 bridgehead atoms. The molecule has 2 N–H and O–H groups in total. The van der Waals surface area contributed by atoms with Gasteiger partial charge in [0.15, 0.2) is 0 Å². The Labute approximate surface area is 168 Å². The van der Waals surface area contributed by atoms with E-state index in [1.807, 2.05) is 30.3 Å². The molecule has 0 aliphatic rings. The van der Waals surface area contributed by atoms with Gasteiger partial charge >= 0.3 is 0 Å². The highest BCUT2D eigenvalue weighted by Crippen LogP contribution is 2.25. The molecule has 1 unspecified atom stereocenters. The van der Waals surface area contributed by atoms with Gasteiger partial charge in [-0.25, -0.2) is 0 Å². The third-order valence-corrected chi connectivity index (χ3v) is 5.03. The van der Waals surface area contributed by atoms with Crippen molar-refractivity contribution < 1.29 is 9.84 Å². The van der Waals surface area contributed by atoms with Crippen LogP contribution < -0.4 is 10.1 Å². The molecule has 3 aromatic rings. The summed E-state index contributed by atoms with van der Waals surface area (Å²) in [6.45, 7) is 5.97. The average Bonchev–Trinajstić information content (AvgIpc) is 2.73. The van der Waals surface area contributed by atoms with Crippen LogP contribution in [0.2, 0.25) is 0 Å². The van der Waals surface area contributed by atoms with E-state index in [1.165, 1.54) is 27.8 Å². The Hall–Kier alpha value is -2.62. The van der Waals surface area contributed by atoms with Crippen LogP contribution in [0, 0.1) is 13.8 Å². The zero-order valence-electron chi connectivity index (χ0n) is 16.7. The molecule has 3 aromatic carbocycles. The number of aliphatic hydroxyl groups is 1. The average molecular weight is 376 g/mol. The monoisotopic (exact) mass is 375 g/mol. The lowest BCUT2D eigenvalue weighted by Gasteiger charge is -2.13. The van der Waals surface area contributed by atoms with Gasteiger partial charge in [0.05, 0.1) is 0 Å². The molecule has 3 nitrogen and oxygen atoms in total. The summed E-state index contributed by atoms with van der Waals surface area (Å²) >= 11 is 0. The van der Waals surface area contributed by atoms with Gasteiger partial charge in [-0.3, -0.25) is 0 Å². The number of nitrogens with one attached hydrogen (secondary N) is 1. The summed E-state index contributed by atoms with van der Waals surface area (Å²) in [4.78, 5) is 0. The second-order valence-electron chi connectivity index (χ2n) is 7.18. The molecular formula is C25H29NO2. The predicted molar refractivity (Wildman–Crippen MR) is 116 cm³/mol. The van der Waals surface area contributed by atoms with Crippen molar-refractivity contribution in [2.24, 2.45) is 0 Å². The second kappa shape index (κ2) is 10.1. The van der Waals surface area contributed by atoms with Crippen LogP contribution in [0.15, 0.2) is 72.8 Å². The van der Waals surface area contributed by atoms with Gasteiger partial charge in [-0.15, -0.1) is 0 Å². The first-order valence-electron chi connectivity index (χ1n) is 9.85. The number of benzene rings is 3. The molecule has 0 aromatic heterocycles. The van der Waals surface area contributed by atoms with E-state index in [0.717, 1.165) is 18.7 Å². The van der Waals surface area contributed by atoms with Crippen molar-refractivity contribution >= 4 is 0 Å². The van der Waals surface area contributed by atoms with Gasteiger partial charge in [0.1, 0.15) is 18.5 Å². The van der Waals surface area contributed by atoms with E-state index in [4.69, 9.17) is 4.74 Å². The number of para-hydroxylation sites is 1. The van der Waals surface area contributed by atoms with Crippen LogP contribution in [0.1, 0.15) is 16.7 Å². The molecule has 3 heteroatoms. The first kappa shape index (κ1) is 20.1. The minimum atomic E-state index is -0.521. The maximum absolute atomic E-state index is 10.0. The quantitative estimate of drug-likeness (QED) is 0.540. The molecule has 0 spiro atoms. The Morgan fingerprint density at radius 1 is 0.893 bits per heavy atom. The molecule has 3 rings (SSSR count). The summed E-state index contributed by atoms with van der Waals surface area (Å²) in [6.07, 6.45) is 0.408. The number of hydrogen-bond acceptors (Lipinski definition) is 3. The number of ether oxygens (including phenoxy) is 1. The van der Waals surface area contributed by atoms with Crippen molar-refractivity contribution in [2.75, 3.05) is 19.7 Å². The fraction of sp³-hybridized carbons (Fsp3) is 0.280. The number of aryl methyl sites for hydroxylation is 1. The second-order valence-corrected chi connectivity index (χ2v) is 7.18. The fourth-order valence-corrected chi connectivity index (χ4v) is 3.18. The maximum atomic E-state index is 10.0. The molecule has 146 valence electrons. The van der Waals surface area contributed by atoms with Gasteiger partial charge < -0.3 is 15.2 Å². The van der Waals surface area contributed by atoms with Gasteiger partial charge in [-0.2, -0.15) is 0 Å². The lowest BCUT2D eigenvalue weighted by Crippen LogP contribution is -2.32. The first-order chi connectivity index (χ1) is 13.6. The van der Waals surface area contributed by atoms with Crippen LogP contribution in [-0.4, -0.2) is 30.9 Å². The summed E-state index contributed by atoms with van der Waals surface area (Å²) in [5.74, 6) is 0.783. The Kier molecular flexibility index (Phi) is 7.24. The summed E-state index contributed by atoms with van der Waals surface area (Å²) in [6, 6.07) is 24.8. The van der Waals surface area contributed by atoms with E-state index in [0.29, 0.717) is 13.2 Å².